The van der Waals surface area contributed by atoms with Crippen molar-refractivity contribution in [3.8, 4) is 0 Å². The summed E-state index contributed by atoms with van der Waals surface area (Å²) in [5, 5.41) is 10.4. The predicted octanol–water partition coefficient (Wildman–Crippen LogP) is 4.28. The maximum atomic E-state index is 11.5. The van der Waals surface area contributed by atoms with Gasteiger partial charge >= 0.3 is 5.97 Å². The molecule has 5 nitrogen and oxygen atoms in total. The van der Waals surface area contributed by atoms with Crippen LogP contribution in [-0.2, 0) is 14.3 Å². The van der Waals surface area contributed by atoms with Gasteiger partial charge in [0.25, 0.3) is 0 Å². The maximum Gasteiger partial charge on any atom is 0.321 e. The molecule has 3 N–H and O–H groups in total. The Labute approximate surface area is 169 Å². The lowest BCUT2D eigenvalue weighted by molar-refractivity contribution is -0.152. The van der Waals surface area contributed by atoms with Crippen LogP contribution in [0.1, 0.15) is 84.5 Å². The minimum atomic E-state index is -0.933. The van der Waals surface area contributed by atoms with E-state index in [-0.39, 0.29) is 11.7 Å². The van der Waals surface area contributed by atoms with Crippen molar-refractivity contribution in [2.45, 2.75) is 103 Å². The van der Waals surface area contributed by atoms with Crippen LogP contribution in [0.5, 0.6) is 0 Å². The van der Waals surface area contributed by atoms with Crippen LogP contribution in [-0.4, -0.2) is 41.0 Å². The Morgan fingerprint density at radius 1 is 1.11 bits per heavy atom. The third kappa shape index (κ3) is 14.8. The lowest BCUT2D eigenvalue weighted by atomic mass is 9.99. The Kier molecular flexibility index (Phi) is 16.6. The highest BCUT2D eigenvalue weighted by atomic mass is 35.5. The van der Waals surface area contributed by atoms with E-state index in [0.717, 1.165) is 57.8 Å². The van der Waals surface area contributed by atoms with E-state index in [2.05, 4.69) is 6.92 Å². The third-order valence-electron chi connectivity index (χ3n) is 4.52. The summed E-state index contributed by atoms with van der Waals surface area (Å²) in [6, 6.07) is -0.574. The molecular formula is C21H38ClNO4. The molecule has 3 atom stereocenters. The first-order chi connectivity index (χ1) is 12.9. The molecular weight excluding hydrogens is 366 g/mol. The first kappa shape index (κ1) is 26.1. The smallest absolute Gasteiger partial charge is 0.321 e. The van der Waals surface area contributed by atoms with Gasteiger partial charge in [0.1, 0.15) is 23.9 Å². The maximum absolute atomic E-state index is 11.5. The van der Waals surface area contributed by atoms with Crippen molar-refractivity contribution in [2.24, 2.45) is 5.73 Å². The molecule has 0 saturated carbocycles. The highest BCUT2D eigenvalue weighted by Gasteiger charge is 2.26. The van der Waals surface area contributed by atoms with Crippen LogP contribution in [0.4, 0.5) is 0 Å². The molecule has 27 heavy (non-hydrogen) atoms. The number of carbonyl (C=O) groups excluding carboxylic acids is 2. The number of esters is 1. The van der Waals surface area contributed by atoms with Crippen molar-refractivity contribution in [2.75, 3.05) is 5.88 Å². The summed E-state index contributed by atoms with van der Waals surface area (Å²) >= 11 is 5.50. The molecule has 0 aromatic carbocycles. The van der Waals surface area contributed by atoms with Crippen LogP contribution in [0.15, 0.2) is 12.2 Å². The van der Waals surface area contributed by atoms with Crippen LogP contribution in [0.2, 0.25) is 0 Å². The van der Waals surface area contributed by atoms with Crippen LogP contribution < -0.4 is 5.73 Å². The Morgan fingerprint density at radius 2 is 1.78 bits per heavy atom. The summed E-state index contributed by atoms with van der Waals surface area (Å²) in [5.74, 6) is -0.498. The molecule has 0 aromatic rings. The number of aliphatic hydroxyl groups excluding tert-OH is 1. The van der Waals surface area contributed by atoms with E-state index in [1.54, 1.807) is 13.0 Å². The van der Waals surface area contributed by atoms with Gasteiger partial charge in [0.05, 0.1) is 6.04 Å². The number of allylic oxidation sites excluding steroid dienone is 1. The highest BCUT2D eigenvalue weighted by Crippen LogP contribution is 2.15. The number of rotatable bonds is 17. The Bertz CT molecular complexity index is 428. The Hall–Kier alpha value is -0.910. The second-order valence-corrected chi connectivity index (χ2v) is 7.43. The number of ketones is 1. The number of unbranched alkanes of at least 4 members (excludes halogenated alkanes) is 7. The number of carbonyl (C=O) groups is 2. The molecule has 0 amide bonds. The monoisotopic (exact) mass is 403 g/mol. The average molecular weight is 404 g/mol. The van der Waals surface area contributed by atoms with Crippen LogP contribution in [0.3, 0.4) is 0 Å². The number of nitrogens with two attached hydrogens (primary N) is 1. The first-order valence-corrected chi connectivity index (χ1v) is 10.8. The molecule has 0 spiro atoms. The van der Waals surface area contributed by atoms with Gasteiger partial charge in [-0.15, -0.1) is 11.6 Å². The van der Waals surface area contributed by atoms with E-state index >= 15 is 0 Å². The second kappa shape index (κ2) is 17.2. The lowest BCUT2D eigenvalue weighted by Crippen LogP contribution is -2.44. The largest absolute Gasteiger partial charge is 0.459 e. The summed E-state index contributed by atoms with van der Waals surface area (Å²) in [5.41, 5.74) is 6.06. The van der Waals surface area contributed by atoms with Crippen LogP contribution in [0, 0.1) is 0 Å². The van der Waals surface area contributed by atoms with Crippen molar-refractivity contribution in [3.63, 3.8) is 0 Å². The lowest BCUT2D eigenvalue weighted by Gasteiger charge is -2.26. The molecule has 0 heterocycles. The fourth-order valence-corrected chi connectivity index (χ4v) is 2.94. The fourth-order valence-electron chi connectivity index (χ4n) is 2.88. The van der Waals surface area contributed by atoms with E-state index in [4.69, 9.17) is 22.1 Å². The Morgan fingerprint density at radius 3 is 2.41 bits per heavy atom. The summed E-state index contributed by atoms with van der Waals surface area (Å²) in [6.45, 7) is 3.72. The number of halogens is 1. The molecule has 0 aromatic heterocycles. The molecule has 0 aliphatic rings. The van der Waals surface area contributed by atoms with E-state index in [1.165, 1.54) is 0 Å². The summed E-state index contributed by atoms with van der Waals surface area (Å²) in [6.07, 6.45) is 12.7. The van der Waals surface area contributed by atoms with Gasteiger partial charge in [0.2, 0.25) is 0 Å². The average Bonchev–Trinajstić information content (AvgIpc) is 2.64. The van der Waals surface area contributed by atoms with E-state index in [0.29, 0.717) is 12.8 Å². The van der Waals surface area contributed by atoms with E-state index in [1.807, 2.05) is 6.08 Å². The molecule has 0 saturated heterocycles. The zero-order valence-electron chi connectivity index (χ0n) is 17.0. The topological polar surface area (TPSA) is 89.6 Å². The van der Waals surface area contributed by atoms with Crippen LogP contribution >= 0.6 is 11.6 Å². The minimum Gasteiger partial charge on any atom is -0.459 e. The number of hydrogen-bond donors (Lipinski definition) is 2. The molecule has 6 heteroatoms. The van der Waals surface area contributed by atoms with Gasteiger partial charge in [-0.2, -0.15) is 0 Å². The number of alkyl halides is 1. The summed E-state index contributed by atoms with van der Waals surface area (Å²) in [4.78, 5) is 22.3. The number of Topliss-reactive ketones (excluding diaryl/α,β-unsaturated/α-hetero) is 1. The van der Waals surface area contributed by atoms with Gasteiger partial charge in [0.15, 0.2) is 0 Å². The highest BCUT2D eigenvalue weighted by molar-refractivity contribution is 6.26. The van der Waals surface area contributed by atoms with Crippen molar-refractivity contribution < 1.29 is 19.4 Å². The number of hydrogen-bond acceptors (Lipinski definition) is 5. The Balaban J connectivity index is 4.16. The van der Waals surface area contributed by atoms with Gasteiger partial charge < -0.3 is 20.4 Å². The quantitative estimate of drug-likeness (QED) is 0.164. The summed E-state index contributed by atoms with van der Waals surface area (Å²) < 4.78 is 5.27. The summed E-state index contributed by atoms with van der Waals surface area (Å²) in [7, 11) is 0. The molecule has 3 unspecified atom stereocenters. The SMILES string of the molecule is CCCCCC(OC(=O)CCl)C(O)C(N)C=CCCCCCCCC(C)=O. The molecule has 0 radical (unpaired) electrons. The van der Waals surface area contributed by atoms with Gasteiger partial charge in [-0.1, -0.05) is 51.2 Å². The number of ether oxygens (including phenoxy) is 1. The zero-order chi connectivity index (χ0) is 20.5. The fraction of sp³-hybridized carbons (Fsp3) is 0.810. The van der Waals surface area contributed by atoms with Crippen LogP contribution in [0.25, 0.3) is 0 Å². The van der Waals surface area contributed by atoms with Gasteiger partial charge in [-0.25, -0.2) is 0 Å². The normalized spacial score (nSPS) is 14.9. The van der Waals surface area contributed by atoms with E-state index in [9.17, 15) is 14.7 Å². The molecule has 0 aliphatic carbocycles. The van der Waals surface area contributed by atoms with E-state index < -0.39 is 24.2 Å². The molecule has 0 bridgehead atoms. The van der Waals surface area contributed by atoms with Gasteiger partial charge in [0, 0.05) is 6.42 Å². The van der Waals surface area contributed by atoms with Gasteiger partial charge in [-0.3, -0.25) is 4.79 Å². The second-order valence-electron chi connectivity index (χ2n) is 7.16. The zero-order valence-corrected chi connectivity index (χ0v) is 17.8. The third-order valence-corrected chi connectivity index (χ3v) is 4.74. The molecule has 0 rings (SSSR count). The standard InChI is InChI=1S/C21H38ClNO4/c1-3-4-10-15-19(27-20(25)16-22)21(26)18(23)14-12-9-7-5-6-8-11-13-17(2)24/h12,14,18-19,21,26H,3-11,13,15-16,23H2,1-2H3. The number of aliphatic hydroxyl groups is 1. The van der Waals surface area contributed by atoms with Crippen molar-refractivity contribution in [1.82, 2.24) is 0 Å². The minimum absolute atomic E-state index is 0.228. The molecule has 0 fully saturated rings. The molecule has 158 valence electrons. The molecule has 0 aliphatic heterocycles. The first-order valence-electron chi connectivity index (χ1n) is 10.3. The van der Waals surface area contributed by atoms with Crippen molar-refractivity contribution >= 4 is 23.4 Å². The predicted molar refractivity (Wildman–Crippen MR) is 111 cm³/mol. The van der Waals surface area contributed by atoms with Crippen molar-refractivity contribution in [3.05, 3.63) is 12.2 Å². The van der Waals surface area contributed by atoms with Gasteiger partial charge in [-0.05, 0) is 39.0 Å². The van der Waals surface area contributed by atoms with Crippen molar-refractivity contribution in [1.29, 1.82) is 0 Å².